The van der Waals surface area contributed by atoms with Crippen LogP contribution in [-0.2, 0) is 0 Å². The van der Waals surface area contributed by atoms with Crippen molar-refractivity contribution in [1.29, 1.82) is 0 Å². The van der Waals surface area contributed by atoms with Gasteiger partial charge in [-0.15, -0.1) is 0 Å². The van der Waals surface area contributed by atoms with E-state index in [1.165, 1.54) is 0 Å². The number of carbonyl (C=O) groups excluding carboxylic acids is 1. The van der Waals surface area contributed by atoms with Gasteiger partial charge >= 0.3 is 0 Å². The first-order valence-corrected chi connectivity index (χ1v) is 5.92. The van der Waals surface area contributed by atoms with Crippen LogP contribution in [0.2, 0.25) is 0 Å². The van der Waals surface area contributed by atoms with Gasteiger partial charge in [-0.25, -0.2) is 9.50 Å². The van der Waals surface area contributed by atoms with Crippen LogP contribution >= 0.6 is 0 Å². The van der Waals surface area contributed by atoms with Gasteiger partial charge in [-0.1, -0.05) is 0 Å². The number of aromatic nitrogens is 3. The van der Waals surface area contributed by atoms with Crippen molar-refractivity contribution >= 4 is 11.6 Å². The minimum atomic E-state index is -0.265. The van der Waals surface area contributed by atoms with Crippen molar-refractivity contribution in [1.82, 2.24) is 19.9 Å². The Balaban J connectivity index is 2.46. The summed E-state index contributed by atoms with van der Waals surface area (Å²) >= 11 is 0. The molecule has 0 radical (unpaired) electrons. The van der Waals surface area contributed by atoms with Crippen molar-refractivity contribution in [3.8, 4) is 0 Å². The van der Waals surface area contributed by atoms with Crippen LogP contribution in [0, 0.1) is 13.8 Å². The van der Waals surface area contributed by atoms with E-state index in [9.17, 15) is 4.79 Å². The molecule has 0 atom stereocenters. The molecule has 0 unspecified atom stereocenters. The molecule has 0 spiro atoms. The molecule has 0 saturated heterocycles. The van der Waals surface area contributed by atoms with Crippen molar-refractivity contribution in [2.24, 2.45) is 0 Å². The Hall–Kier alpha value is -1.91. The number of carbonyl (C=O) groups is 1. The second-order valence-corrected chi connectivity index (χ2v) is 5.52. The standard InChI is InChI=1S/C13H18N4O/c1-8-6-11-14-7-10(9(2)17(11)16-8)12(18)15-13(3,4)5/h6-7H,1-5H3,(H,15,18). The monoisotopic (exact) mass is 246 g/mol. The number of rotatable bonds is 1. The average Bonchev–Trinajstić information content (AvgIpc) is 2.57. The first kappa shape index (κ1) is 12.5. The highest BCUT2D eigenvalue weighted by Crippen LogP contribution is 2.12. The van der Waals surface area contributed by atoms with Gasteiger partial charge in [0.05, 0.1) is 17.0 Å². The van der Waals surface area contributed by atoms with E-state index in [0.717, 1.165) is 17.0 Å². The van der Waals surface area contributed by atoms with Crippen LogP contribution in [0.1, 0.15) is 42.5 Å². The van der Waals surface area contributed by atoms with Crippen LogP contribution in [0.4, 0.5) is 0 Å². The lowest BCUT2D eigenvalue weighted by atomic mass is 10.1. The predicted molar refractivity (Wildman–Crippen MR) is 69.7 cm³/mol. The van der Waals surface area contributed by atoms with E-state index >= 15 is 0 Å². The van der Waals surface area contributed by atoms with E-state index in [0.29, 0.717) is 5.56 Å². The number of hydrogen-bond acceptors (Lipinski definition) is 3. The van der Waals surface area contributed by atoms with Crippen molar-refractivity contribution in [2.75, 3.05) is 0 Å². The number of hydrogen-bond donors (Lipinski definition) is 1. The summed E-state index contributed by atoms with van der Waals surface area (Å²) in [7, 11) is 0. The van der Waals surface area contributed by atoms with Crippen molar-refractivity contribution < 1.29 is 4.79 Å². The van der Waals surface area contributed by atoms with Gasteiger partial charge in [0.25, 0.3) is 5.91 Å². The van der Waals surface area contributed by atoms with Gasteiger partial charge in [0.1, 0.15) is 0 Å². The summed E-state index contributed by atoms with van der Waals surface area (Å²) in [6.45, 7) is 9.63. The average molecular weight is 246 g/mol. The van der Waals surface area contributed by atoms with Gasteiger partial charge < -0.3 is 5.32 Å². The number of aryl methyl sites for hydroxylation is 2. The van der Waals surface area contributed by atoms with Gasteiger partial charge in [0, 0.05) is 17.8 Å². The lowest BCUT2D eigenvalue weighted by Crippen LogP contribution is -2.41. The largest absolute Gasteiger partial charge is 0.347 e. The van der Waals surface area contributed by atoms with E-state index in [-0.39, 0.29) is 11.4 Å². The summed E-state index contributed by atoms with van der Waals surface area (Å²) in [5, 5.41) is 7.25. The van der Waals surface area contributed by atoms with Gasteiger partial charge in [-0.05, 0) is 34.6 Å². The lowest BCUT2D eigenvalue weighted by molar-refractivity contribution is 0.0918. The van der Waals surface area contributed by atoms with E-state index in [4.69, 9.17) is 0 Å². The van der Waals surface area contributed by atoms with Crippen LogP contribution in [-0.4, -0.2) is 26.0 Å². The quantitative estimate of drug-likeness (QED) is 0.835. The van der Waals surface area contributed by atoms with E-state index in [1.807, 2.05) is 40.7 Å². The highest BCUT2D eigenvalue weighted by Gasteiger charge is 2.18. The van der Waals surface area contributed by atoms with E-state index < -0.39 is 0 Å². The van der Waals surface area contributed by atoms with Crippen LogP contribution < -0.4 is 5.32 Å². The SMILES string of the molecule is Cc1cc2ncc(C(=O)NC(C)(C)C)c(C)n2n1. The second kappa shape index (κ2) is 4.08. The zero-order valence-corrected chi connectivity index (χ0v) is 11.4. The fourth-order valence-electron chi connectivity index (χ4n) is 1.79. The Morgan fingerprint density at radius 3 is 2.61 bits per heavy atom. The molecule has 0 aliphatic rings. The zero-order chi connectivity index (χ0) is 13.5. The summed E-state index contributed by atoms with van der Waals surface area (Å²) in [4.78, 5) is 16.4. The molecule has 0 fully saturated rings. The summed E-state index contributed by atoms with van der Waals surface area (Å²) < 4.78 is 1.70. The maximum atomic E-state index is 12.1. The van der Waals surface area contributed by atoms with Crippen molar-refractivity contribution in [3.05, 3.63) is 29.2 Å². The summed E-state index contributed by atoms with van der Waals surface area (Å²) in [5.41, 5.74) is 2.74. The van der Waals surface area contributed by atoms with Crippen molar-refractivity contribution in [3.63, 3.8) is 0 Å². The number of nitrogens with one attached hydrogen (secondary N) is 1. The third-order valence-corrected chi connectivity index (χ3v) is 2.58. The molecule has 5 nitrogen and oxygen atoms in total. The first-order valence-electron chi connectivity index (χ1n) is 5.92. The highest BCUT2D eigenvalue weighted by molar-refractivity contribution is 5.95. The highest BCUT2D eigenvalue weighted by atomic mass is 16.1. The molecule has 2 aromatic rings. The Morgan fingerprint density at radius 1 is 1.33 bits per heavy atom. The molecule has 0 bridgehead atoms. The van der Waals surface area contributed by atoms with Gasteiger partial charge in [-0.3, -0.25) is 4.79 Å². The fraction of sp³-hybridized carbons (Fsp3) is 0.462. The Bertz CT molecular complexity index is 607. The third kappa shape index (κ3) is 2.34. The smallest absolute Gasteiger partial charge is 0.255 e. The van der Waals surface area contributed by atoms with E-state index in [1.54, 1.807) is 10.7 Å². The van der Waals surface area contributed by atoms with Crippen LogP contribution in [0.5, 0.6) is 0 Å². The van der Waals surface area contributed by atoms with Crippen LogP contribution in [0.15, 0.2) is 12.3 Å². The van der Waals surface area contributed by atoms with Gasteiger partial charge in [0.2, 0.25) is 0 Å². The van der Waals surface area contributed by atoms with Gasteiger partial charge in [0.15, 0.2) is 5.65 Å². The molecular formula is C13H18N4O. The topological polar surface area (TPSA) is 59.3 Å². The first-order chi connectivity index (χ1) is 8.28. The van der Waals surface area contributed by atoms with E-state index in [2.05, 4.69) is 15.4 Å². The number of amides is 1. The molecule has 5 heteroatoms. The molecule has 96 valence electrons. The second-order valence-electron chi connectivity index (χ2n) is 5.52. The summed E-state index contributed by atoms with van der Waals surface area (Å²) in [6, 6.07) is 1.89. The molecule has 2 rings (SSSR count). The third-order valence-electron chi connectivity index (χ3n) is 2.58. The van der Waals surface area contributed by atoms with Crippen LogP contribution in [0.3, 0.4) is 0 Å². The summed E-state index contributed by atoms with van der Waals surface area (Å²) in [5.74, 6) is -0.123. The summed E-state index contributed by atoms with van der Waals surface area (Å²) in [6.07, 6.45) is 1.60. The minimum Gasteiger partial charge on any atom is -0.347 e. The number of nitrogens with zero attached hydrogens (tertiary/aromatic N) is 3. The molecule has 18 heavy (non-hydrogen) atoms. The fourth-order valence-corrected chi connectivity index (χ4v) is 1.79. The van der Waals surface area contributed by atoms with Crippen LogP contribution in [0.25, 0.3) is 5.65 Å². The molecule has 0 aliphatic carbocycles. The van der Waals surface area contributed by atoms with Crippen molar-refractivity contribution in [2.45, 2.75) is 40.2 Å². The Kier molecular flexibility index (Phi) is 2.84. The van der Waals surface area contributed by atoms with Gasteiger partial charge in [-0.2, -0.15) is 5.10 Å². The Morgan fingerprint density at radius 2 is 2.00 bits per heavy atom. The molecule has 0 aliphatic heterocycles. The molecular weight excluding hydrogens is 228 g/mol. The Labute approximate surface area is 106 Å². The number of fused-ring (bicyclic) bond motifs is 1. The molecule has 2 heterocycles. The molecule has 1 N–H and O–H groups in total. The zero-order valence-electron chi connectivity index (χ0n) is 11.4. The molecule has 0 saturated carbocycles. The lowest BCUT2D eigenvalue weighted by Gasteiger charge is -2.21. The molecule has 0 aromatic carbocycles. The predicted octanol–water partition coefficient (Wildman–Crippen LogP) is 1.87. The molecule has 1 amide bonds. The minimum absolute atomic E-state index is 0.123. The maximum absolute atomic E-state index is 12.1. The molecule has 2 aromatic heterocycles. The normalized spacial score (nSPS) is 11.8. The maximum Gasteiger partial charge on any atom is 0.255 e.